The summed E-state index contributed by atoms with van der Waals surface area (Å²) in [5, 5.41) is 0. The molecule has 1 aromatic heterocycles. The monoisotopic (exact) mass is 281 g/mol. The topological polar surface area (TPSA) is 36.4 Å². The molecule has 0 saturated heterocycles. The van der Waals surface area contributed by atoms with Crippen LogP contribution in [-0.2, 0) is 6.42 Å². The highest BCUT2D eigenvalue weighted by Crippen LogP contribution is 2.24. The van der Waals surface area contributed by atoms with Gasteiger partial charge in [0, 0.05) is 33.6 Å². The third-order valence-electron chi connectivity index (χ3n) is 3.58. The molecule has 1 atom stereocenters. The zero-order chi connectivity index (χ0) is 14.0. The molecule has 1 amide bonds. The third kappa shape index (κ3) is 3.00. The van der Waals surface area contributed by atoms with Crippen molar-refractivity contribution in [1.29, 1.82) is 0 Å². The van der Waals surface area contributed by atoms with Crippen molar-refractivity contribution >= 4 is 23.2 Å². The van der Waals surface area contributed by atoms with Gasteiger partial charge in [-0.1, -0.05) is 0 Å². The molecule has 1 aliphatic rings. The average Bonchev–Trinajstić information content (AvgIpc) is 2.48. The van der Waals surface area contributed by atoms with Gasteiger partial charge in [-0.3, -0.25) is 9.78 Å². The Bertz CT molecular complexity index is 476. The second-order valence-corrected chi connectivity index (χ2v) is 5.69. The van der Waals surface area contributed by atoms with Crippen LogP contribution in [0.15, 0.2) is 12.3 Å². The Balaban J connectivity index is 2.38. The van der Waals surface area contributed by atoms with Crippen molar-refractivity contribution in [2.45, 2.75) is 12.8 Å². The summed E-state index contributed by atoms with van der Waals surface area (Å²) < 4.78 is 0. The molecule has 5 heteroatoms. The lowest BCUT2D eigenvalue weighted by Gasteiger charge is -2.19. The van der Waals surface area contributed by atoms with Gasteiger partial charge in [0.2, 0.25) is 0 Å². The van der Waals surface area contributed by atoms with Gasteiger partial charge in [0.05, 0.1) is 23.1 Å². The second-order valence-electron chi connectivity index (χ2n) is 5.32. The predicted octanol–water partition coefficient (Wildman–Crippen LogP) is 2.02. The van der Waals surface area contributed by atoms with Gasteiger partial charge in [0.1, 0.15) is 0 Å². The highest BCUT2D eigenvalue weighted by molar-refractivity contribution is 6.17. The van der Waals surface area contributed by atoms with E-state index in [9.17, 15) is 4.79 Å². The summed E-state index contributed by atoms with van der Waals surface area (Å²) in [6.07, 6.45) is 3.57. The van der Waals surface area contributed by atoms with E-state index in [1.165, 1.54) is 0 Å². The molecule has 0 radical (unpaired) electrons. The number of anilines is 1. The molecule has 2 rings (SSSR count). The summed E-state index contributed by atoms with van der Waals surface area (Å²) in [5.74, 6) is 1.08. The molecule has 4 nitrogen and oxygen atoms in total. The molecule has 2 heterocycles. The van der Waals surface area contributed by atoms with Crippen molar-refractivity contribution in [3.63, 3.8) is 0 Å². The molecule has 0 bridgehead atoms. The molecule has 1 aliphatic heterocycles. The van der Waals surface area contributed by atoms with Crippen LogP contribution in [0.4, 0.5) is 5.69 Å². The Morgan fingerprint density at radius 3 is 2.89 bits per heavy atom. The molecule has 0 saturated carbocycles. The zero-order valence-electron chi connectivity index (χ0n) is 11.7. The van der Waals surface area contributed by atoms with Gasteiger partial charge in [-0.25, -0.2) is 0 Å². The Morgan fingerprint density at radius 1 is 1.53 bits per heavy atom. The third-order valence-corrected chi connectivity index (χ3v) is 3.80. The fraction of sp³-hybridized carbons (Fsp3) is 0.571. The molecule has 0 aliphatic carbocycles. The predicted molar refractivity (Wildman–Crippen MR) is 78.1 cm³/mol. The number of hydrogen-bond donors (Lipinski definition) is 0. The maximum atomic E-state index is 12.4. The van der Waals surface area contributed by atoms with Crippen LogP contribution in [0.1, 0.15) is 22.5 Å². The maximum Gasteiger partial charge on any atom is 0.255 e. The first-order valence-corrected chi connectivity index (χ1v) is 7.04. The molecule has 0 fully saturated rings. The van der Waals surface area contributed by atoms with Crippen LogP contribution in [0.2, 0.25) is 0 Å². The molecule has 0 aromatic carbocycles. The van der Waals surface area contributed by atoms with Gasteiger partial charge in [-0.15, -0.1) is 11.6 Å². The number of aromatic nitrogens is 1. The second kappa shape index (κ2) is 5.78. The minimum atomic E-state index is 0.0586. The first-order valence-electron chi connectivity index (χ1n) is 6.50. The van der Waals surface area contributed by atoms with Gasteiger partial charge < -0.3 is 9.80 Å². The van der Waals surface area contributed by atoms with Crippen LogP contribution in [0.3, 0.4) is 0 Å². The molecule has 19 heavy (non-hydrogen) atoms. The number of carbonyl (C=O) groups excluding carboxylic acids is 1. The Morgan fingerprint density at radius 2 is 2.26 bits per heavy atom. The van der Waals surface area contributed by atoms with E-state index in [2.05, 4.69) is 4.98 Å². The molecule has 1 unspecified atom stereocenters. The molecular formula is C14H20ClN3O. The average molecular weight is 282 g/mol. The fourth-order valence-corrected chi connectivity index (χ4v) is 2.74. The number of fused-ring (bicyclic) bond motifs is 1. The Labute approximate surface area is 119 Å². The van der Waals surface area contributed by atoms with E-state index >= 15 is 0 Å². The summed E-state index contributed by atoms with van der Waals surface area (Å²) in [4.78, 5) is 20.6. The van der Waals surface area contributed by atoms with E-state index < -0.39 is 0 Å². The molecule has 104 valence electrons. The van der Waals surface area contributed by atoms with E-state index in [4.69, 9.17) is 11.6 Å². The summed E-state index contributed by atoms with van der Waals surface area (Å²) in [6.45, 7) is 0.749. The highest BCUT2D eigenvalue weighted by atomic mass is 35.5. The number of alkyl halides is 1. The zero-order valence-corrected chi connectivity index (χ0v) is 12.4. The largest absolute Gasteiger partial charge is 0.376 e. The highest BCUT2D eigenvalue weighted by Gasteiger charge is 2.26. The lowest BCUT2D eigenvalue weighted by Crippen LogP contribution is -2.30. The summed E-state index contributed by atoms with van der Waals surface area (Å²) in [7, 11) is 5.75. The van der Waals surface area contributed by atoms with Crippen LogP contribution >= 0.6 is 11.6 Å². The lowest BCUT2D eigenvalue weighted by atomic mass is 9.99. The maximum absolute atomic E-state index is 12.4. The summed E-state index contributed by atoms with van der Waals surface area (Å²) >= 11 is 5.84. The van der Waals surface area contributed by atoms with Crippen molar-refractivity contribution in [3.8, 4) is 0 Å². The standard InChI is InChI=1S/C14H20ClN3O/c1-17(2)11-7-12-13(16-8-11)6-10(4-5-15)9-18(3)14(12)19/h7-8,10H,4-6,9H2,1-3H3. The van der Waals surface area contributed by atoms with Crippen molar-refractivity contribution in [1.82, 2.24) is 9.88 Å². The Kier molecular flexibility index (Phi) is 4.30. The van der Waals surface area contributed by atoms with Crippen molar-refractivity contribution in [2.75, 3.05) is 38.5 Å². The number of halogens is 1. The van der Waals surface area contributed by atoms with Crippen molar-refractivity contribution < 1.29 is 4.79 Å². The van der Waals surface area contributed by atoms with Crippen LogP contribution in [-0.4, -0.2) is 49.4 Å². The van der Waals surface area contributed by atoms with E-state index in [1.807, 2.05) is 38.3 Å². The van der Waals surface area contributed by atoms with E-state index in [0.29, 0.717) is 11.8 Å². The van der Waals surface area contributed by atoms with Crippen LogP contribution in [0.5, 0.6) is 0 Å². The van der Waals surface area contributed by atoms with Gasteiger partial charge in [-0.2, -0.15) is 0 Å². The molecule has 0 N–H and O–H groups in total. The minimum absolute atomic E-state index is 0.0586. The first kappa shape index (κ1) is 14.1. The van der Waals surface area contributed by atoms with Crippen molar-refractivity contribution in [2.24, 2.45) is 5.92 Å². The van der Waals surface area contributed by atoms with Crippen LogP contribution in [0, 0.1) is 5.92 Å². The quantitative estimate of drug-likeness (QED) is 0.796. The molecular weight excluding hydrogens is 262 g/mol. The van der Waals surface area contributed by atoms with E-state index in [1.54, 1.807) is 4.90 Å². The molecule has 0 spiro atoms. The lowest BCUT2D eigenvalue weighted by molar-refractivity contribution is 0.0782. The van der Waals surface area contributed by atoms with Gasteiger partial charge in [-0.05, 0) is 24.8 Å². The Hall–Kier alpha value is -1.29. The SMILES string of the molecule is CN1CC(CCCl)Cc2ncc(N(C)C)cc2C1=O. The van der Waals surface area contributed by atoms with Gasteiger partial charge in [0.25, 0.3) is 5.91 Å². The van der Waals surface area contributed by atoms with E-state index in [-0.39, 0.29) is 5.91 Å². The van der Waals surface area contributed by atoms with Gasteiger partial charge >= 0.3 is 0 Å². The fourth-order valence-electron chi connectivity index (χ4n) is 2.44. The van der Waals surface area contributed by atoms with Crippen LogP contribution < -0.4 is 4.90 Å². The number of amides is 1. The minimum Gasteiger partial charge on any atom is -0.376 e. The molecule has 1 aromatic rings. The number of rotatable bonds is 3. The first-order chi connectivity index (χ1) is 9.02. The number of carbonyl (C=O) groups is 1. The number of hydrogen-bond acceptors (Lipinski definition) is 3. The summed E-state index contributed by atoms with van der Waals surface area (Å²) in [6, 6.07) is 1.93. The smallest absolute Gasteiger partial charge is 0.255 e. The number of nitrogens with zero attached hydrogens (tertiary/aromatic N) is 3. The van der Waals surface area contributed by atoms with E-state index in [0.717, 1.165) is 36.3 Å². The summed E-state index contributed by atoms with van der Waals surface area (Å²) in [5.41, 5.74) is 2.58. The number of pyridine rings is 1. The normalized spacial score (nSPS) is 19.1. The van der Waals surface area contributed by atoms with Crippen LogP contribution in [0.25, 0.3) is 0 Å². The van der Waals surface area contributed by atoms with Crippen molar-refractivity contribution in [3.05, 3.63) is 23.5 Å². The van der Waals surface area contributed by atoms with Gasteiger partial charge in [0.15, 0.2) is 0 Å².